The van der Waals surface area contributed by atoms with Gasteiger partial charge in [-0.3, -0.25) is 20.9 Å². The van der Waals surface area contributed by atoms with Crippen molar-refractivity contribution in [2.24, 2.45) is 9.98 Å². The van der Waals surface area contributed by atoms with Crippen molar-refractivity contribution >= 4 is 41.0 Å². The molecule has 6 N–H and O–H groups in total. The van der Waals surface area contributed by atoms with Crippen LogP contribution in [0.1, 0.15) is 31.2 Å². The van der Waals surface area contributed by atoms with Gasteiger partial charge in [0.2, 0.25) is 5.96 Å². The summed E-state index contributed by atoms with van der Waals surface area (Å²) in [7, 11) is 0. The largest absolute Gasteiger partial charge is 0.490 e. The van der Waals surface area contributed by atoms with Crippen LogP contribution in [0.5, 0.6) is 0 Å². The van der Waals surface area contributed by atoms with Gasteiger partial charge in [0.15, 0.2) is 17.7 Å². The normalized spacial score (nSPS) is 15.5. The van der Waals surface area contributed by atoms with E-state index in [0.29, 0.717) is 12.6 Å². The molecule has 254 valence electrons. The van der Waals surface area contributed by atoms with E-state index in [1.54, 1.807) is 0 Å². The first-order valence-electron chi connectivity index (χ1n) is 12.5. The molecular formula is C23H25ClF7N9O6. The molecule has 1 unspecified atom stereocenters. The number of hydrogen-bond donors (Lipinski definition) is 6. The Morgan fingerprint density at radius 1 is 1.17 bits per heavy atom. The van der Waals surface area contributed by atoms with Gasteiger partial charge in [0.1, 0.15) is 11.5 Å². The standard InChI is InChI=1S/C19H23ClFN9O2.2C2HF3O2/c1-2-30-7-3-4-13(30)9-23-19(25-11-22)24-10-16-17(29-32-28-16)18(27-31)26-12-5-6-15(21)14(20)8-12;2*3-2(4,5)1(6)7/h5-6,8,13,31H,2-4,7,9-10H2,1H3,(H,26,27)(H2,23,24,25);2*(H,6,7). The van der Waals surface area contributed by atoms with Crippen molar-refractivity contribution in [3.63, 3.8) is 0 Å². The first-order chi connectivity index (χ1) is 21.4. The smallest absolute Gasteiger partial charge is 0.475 e. The second-order valence-corrected chi connectivity index (χ2v) is 8.95. The molecule has 1 aliphatic heterocycles. The van der Waals surface area contributed by atoms with Gasteiger partial charge in [-0.1, -0.05) is 23.7 Å². The van der Waals surface area contributed by atoms with E-state index >= 15 is 0 Å². The number of amidine groups is 1. The third kappa shape index (κ3) is 13.5. The van der Waals surface area contributed by atoms with Crippen LogP contribution in [0.3, 0.4) is 0 Å². The number of rotatable bonds is 7. The summed E-state index contributed by atoms with van der Waals surface area (Å²) in [5.74, 6) is -5.91. The molecule has 3 rings (SSSR count). The molecule has 0 radical (unpaired) electrons. The molecular weight excluding hydrogens is 667 g/mol. The molecule has 1 atom stereocenters. The number of benzene rings is 1. The van der Waals surface area contributed by atoms with Gasteiger partial charge < -0.3 is 15.5 Å². The molecule has 15 nitrogen and oxygen atoms in total. The molecule has 1 aliphatic rings. The number of carboxylic acids is 2. The minimum absolute atomic E-state index is 0.0110. The molecule has 0 saturated carbocycles. The van der Waals surface area contributed by atoms with Crippen molar-refractivity contribution in [3.05, 3.63) is 40.4 Å². The fraction of sp³-hybridized carbons (Fsp3) is 0.435. The predicted octanol–water partition coefficient (Wildman–Crippen LogP) is 3.19. The van der Waals surface area contributed by atoms with E-state index in [0.717, 1.165) is 32.0 Å². The topological polar surface area (TPSA) is 222 Å². The lowest BCUT2D eigenvalue weighted by molar-refractivity contribution is -0.193. The Morgan fingerprint density at radius 3 is 2.28 bits per heavy atom. The highest BCUT2D eigenvalue weighted by molar-refractivity contribution is 6.31. The third-order valence-corrected chi connectivity index (χ3v) is 5.78. The van der Waals surface area contributed by atoms with Crippen LogP contribution in [0.4, 0.5) is 36.4 Å². The summed E-state index contributed by atoms with van der Waals surface area (Å²) < 4.78 is 81.6. The molecule has 23 heteroatoms. The summed E-state index contributed by atoms with van der Waals surface area (Å²) in [5.41, 5.74) is 2.56. The number of guanidine groups is 1. The zero-order chi connectivity index (χ0) is 35.1. The Balaban J connectivity index is 0.000000629. The number of aliphatic carboxylic acids is 2. The number of carboxylic acid groups (broad SMARTS) is 2. The molecule has 0 aliphatic carbocycles. The van der Waals surface area contributed by atoms with Crippen molar-refractivity contribution in [2.75, 3.05) is 19.6 Å². The number of nitrogens with one attached hydrogen (secondary N) is 3. The van der Waals surface area contributed by atoms with Gasteiger partial charge in [-0.2, -0.15) is 31.6 Å². The summed E-state index contributed by atoms with van der Waals surface area (Å²) in [5, 5.41) is 45.9. The summed E-state index contributed by atoms with van der Waals surface area (Å²) in [6.45, 7) is 4.77. The second kappa shape index (κ2) is 18.3. The van der Waals surface area contributed by atoms with Crippen LogP contribution in [-0.4, -0.2) is 92.4 Å². The molecule has 0 amide bonds. The lowest BCUT2D eigenvalue weighted by Crippen LogP contribution is -2.43. The summed E-state index contributed by atoms with van der Waals surface area (Å²) in [4.78, 5) is 28.7. The fourth-order valence-electron chi connectivity index (χ4n) is 3.41. The Kier molecular flexibility index (Phi) is 15.6. The van der Waals surface area contributed by atoms with Gasteiger partial charge in [0, 0.05) is 12.6 Å². The number of aromatic nitrogens is 2. The molecule has 0 spiro atoms. The van der Waals surface area contributed by atoms with Crippen LogP contribution in [0.25, 0.3) is 0 Å². The number of aliphatic imine (C=N–C) groups is 2. The van der Waals surface area contributed by atoms with Crippen molar-refractivity contribution < 1.29 is 60.4 Å². The predicted molar refractivity (Wildman–Crippen MR) is 142 cm³/mol. The van der Waals surface area contributed by atoms with Crippen molar-refractivity contribution in [3.8, 4) is 6.19 Å². The number of likely N-dealkylation sites (N-methyl/N-ethyl adjacent to an activating group) is 1. The van der Waals surface area contributed by atoms with Gasteiger partial charge in [-0.05, 0) is 49.3 Å². The monoisotopic (exact) mass is 691 g/mol. The van der Waals surface area contributed by atoms with Crippen LogP contribution in [-0.2, 0) is 16.1 Å². The maximum absolute atomic E-state index is 13.4. The average molecular weight is 692 g/mol. The maximum atomic E-state index is 13.4. The van der Waals surface area contributed by atoms with Gasteiger partial charge in [-0.25, -0.2) is 28.6 Å². The number of nitriles is 1. The van der Waals surface area contributed by atoms with Crippen molar-refractivity contribution in [2.45, 2.75) is 44.7 Å². The van der Waals surface area contributed by atoms with Gasteiger partial charge in [0.25, 0.3) is 0 Å². The Hall–Kier alpha value is -4.75. The first-order valence-corrected chi connectivity index (χ1v) is 12.9. The summed E-state index contributed by atoms with van der Waals surface area (Å²) in [6.07, 6.45) is -6.10. The second-order valence-electron chi connectivity index (χ2n) is 8.54. The lowest BCUT2D eigenvalue weighted by Gasteiger charge is -2.23. The first kappa shape index (κ1) is 39.3. The molecule has 1 fully saturated rings. The van der Waals surface area contributed by atoms with Gasteiger partial charge in [0.05, 0.1) is 17.3 Å². The minimum Gasteiger partial charge on any atom is -0.475 e. The number of hydroxylamine groups is 1. The highest BCUT2D eigenvalue weighted by Crippen LogP contribution is 2.22. The van der Waals surface area contributed by atoms with E-state index < -0.39 is 30.1 Å². The van der Waals surface area contributed by atoms with E-state index in [1.165, 1.54) is 12.1 Å². The zero-order valence-corrected chi connectivity index (χ0v) is 24.1. The van der Waals surface area contributed by atoms with Crippen LogP contribution < -0.4 is 16.1 Å². The number of nitrogens with zero attached hydrogens (tertiary/aromatic N) is 6. The van der Waals surface area contributed by atoms with E-state index in [1.807, 2.05) is 11.7 Å². The van der Waals surface area contributed by atoms with Crippen molar-refractivity contribution in [1.82, 2.24) is 31.3 Å². The van der Waals surface area contributed by atoms with Crippen LogP contribution >= 0.6 is 11.6 Å². The molecule has 46 heavy (non-hydrogen) atoms. The number of alkyl halides is 6. The van der Waals surface area contributed by atoms with Crippen molar-refractivity contribution in [1.29, 1.82) is 5.26 Å². The average Bonchev–Trinajstić information content (AvgIpc) is 3.64. The molecule has 0 bridgehead atoms. The lowest BCUT2D eigenvalue weighted by atomic mass is 10.2. The van der Waals surface area contributed by atoms with Gasteiger partial charge in [-0.15, -0.1) is 0 Å². The minimum atomic E-state index is -5.08. The van der Waals surface area contributed by atoms with Crippen LogP contribution in [0.15, 0.2) is 32.8 Å². The highest BCUT2D eigenvalue weighted by Gasteiger charge is 2.38. The van der Waals surface area contributed by atoms with Crippen LogP contribution in [0.2, 0.25) is 5.02 Å². The van der Waals surface area contributed by atoms with E-state index in [-0.39, 0.29) is 40.4 Å². The Labute approximate surface area is 259 Å². The Bertz CT molecular complexity index is 1390. The molecule has 1 aromatic carbocycles. The molecule has 2 heterocycles. The molecule has 2 aromatic rings. The van der Waals surface area contributed by atoms with E-state index in [2.05, 4.69) is 42.8 Å². The number of halogens is 8. The fourth-order valence-corrected chi connectivity index (χ4v) is 3.58. The summed E-state index contributed by atoms with van der Waals surface area (Å²) in [6, 6.07) is 4.19. The quantitative estimate of drug-likeness (QED) is 0.0614. The van der Waals surface area contributed by atoms with Crippen LogP contribution in [0, 0.1) is 17.3 Å². The number of likely N-dealkylation sites (tertiary alicyclic amines) is 1. The molecule has 1 saturated heterocycles. The summed E-state index contributed by atoms with van der Waals surface area (Å²) >= 11 is 5.77. The third-order valence-electron chi connectivity index (χ3n) is 5.49. The SMILES string of the molecule is CCN1CCCC1CNC(=NCc1nonc1C(=Nc1ccc(F)c(Cl)c1)NO)NC#N.O=C(O)C(F)(F)F.O=C(O)C(F)(F)F. The highest BCUT2D eigenvalue weighted by atomic mass is 35.5. The maximum Gasteiger partial charge on any atom is 0.490 e. The zero-order valence-electron chi connectivity index (χ0n) is 23.3. The molecule has 1 aromatic heterocycles. The number of hydrogen-bond acceptors (Lipinski definition) is 10. The van der Waals surface area contributed by atoms with E-state index in [4.69, 9.17) is 41.3 Å². The van der Waals surface area contributed by atoms with E-state index in [9.17, 15) is 35.9 Å². The number of carbonyl (C=O) groups is 2. The van der Waals surface area contributed by atoms with Gasteiger partial charge >= 0.3 is 24.3 Å². The Morgan fingerprint density at radius 2 is 1.78 bits per heavy atom.